The monoisotopic (exact) mass is 429 g/mol. The van der Waals surface area contributed by atoms with Crippen LogP contribution < -0.4 is 21.3 Å². The standard InChI is InChI=1S/C19H19N5O3S2/c20-11-5-7-24(9-11)15-4-2-1-3-12(15)21-17(25)14-10-29-19(23-14)22-13-6-8-28-16(13)18(26)27/h1-4,6,8,10-11H,5,7,9,20H2,(H,21,25)(H,22,23)(H,26,27)/t11-/m1/s1. The van der Waals surface area contributed by atoms with E-state index in [1.54, 1.807) is 16.8 Å². The fourth-order valence-electron chi connectivity index (χ4n) is 3.17. The number of amides is 1. The van der Waals surface area contributed by atoms with Crippen molar-refractivity contribution in [2.24, 2.45) is 5.73 Å². The maximum Gasteiger partial charge on any atom is 0.348 e. The van der Waals surface area contributed by atoms with Gasteiger partial charge in [-0.05, 0) is 30.0 Å². The largest absolute Gasteiger partial charge is 0.477 e. The van der Waals surface area contributed by atoms with E-state index >= 15 is 0 Å². The van der Waals surface area contributed by atoms with E-state index in [-0.39, 0.29) is 22.5 Å². The molecule has 0 spiro atoms. The molecule has 1 aromatic carbocycles. The molecule has 5 N–H and O–H groups in total. The Hall–Kier alpha value is -2.95. The molecule has 4 rings (SSSR count). The lowest BCUT2D eigenvalue weighted by Crippen LogP contribution is -2.27. The molecule has 1 amide bonds. The number of carboxylic acid groups (broad SMARTS) is 1. The molecule has 10 heteroatoms. The Morgan fingerprint density at radius 2 is 2.03 bits per heavy atom. The van der Waals surface area contributed by atoms with E-state index in [4.69, 9.17) is 5.73 Å². The van der Waals surface area contributed by atoms with Gasteiger partial charge in [0.15, 0.2) is 5.13 Å². The molecular formula is C19H19N5O3S2. The summed E-state index contributed by atoms with van der Waals surface area (Å²) in [6.45, 7) is 1.61. The minimum absolute atomic E-state index is 0.138. The average molecular weight is 430 g/mol. The van der Waals surface area contributed by atoms with Crippen LogP contribution in [0.25, 0.3) is 0 Å². The number of aromatic nitrogens is 1. The summed E-state index contributed by atoms with van der Waals surface area (Å²) >= 11 is 2.37. The number of benzene rings is 1. The van der Waals surface area contributed by atoms with Gasteiger partial charge in [-0.1, -0.05) is 12.1 Å². The van der Waals surface area contributed by atoms with E-state index in [0.29, 0.717) is 16.5 Å². The first kappa shape index (κ1) is 19.4. The topological polar surface area (TPSA) is 121 Å². The molecule has 0 bridgehead atoms. The minimum Gasteiger partial charge on any atom is -0.477 e. The van der Waals surface area contributed by atoms with Crippen molar-refractivity contribution in [3.63, 3.8) is 0 Å². The number of thiazole rings is 1. The van der Waals surface area contributed by atoms with Gasteiger partial charge < -0.3 is 26.4 Å². The Bertz CT molecular complexity index is 1050. The Morgan fingerprint density at radius 3 is 2.79 bits per heavy atom. The number of carbonyl (C=O) groups excluding carboxylic acids is 1. The lowest BCUT2D eigenvalue weighted by Gasteiger charge is -2.21. The second-order valence-corrected chi connectivity index (χ2v) is 8.37. The SMILES string of the molecule is N[C@@H]1CCN(c2ccccc2NC(=O)c2csc(Nc3ccsc3C(=O)O)n2)C1. The smallest absolute Gasteiger partial charge is 0.348 e. The highest BCUT2D eigenvalue weighted by Gasteiger charge is 2.22. The summed E-state index contributed by atoms with van der Waals surface area (Å²) in [7, 11) is 0. The van der Waals surface area contributed by atoms with Crippen LogP contribution in [0.15, 0.2) is 41.1 Å². The fraction of sp³-hybridized carbons (Fsp3) is 0.211. The van der Waals surface area contributed by atoms with Crippen LogP contribution in [0.2, 0.25) is 0 Å². The predicted octanol–water partition coefficient (Wildman–Crippen LogP) is 3.44. The quantitative estimate of drug-likeness (QED) is 0.474. The van der Waals surface area contributed by atoms with Crippen LogP contribution >= 0.6 is 22.7 Å². The van der Waals surface area contributed by atoms with Gasteiger partial charge in [-0.2, -0.15) is 0 Å². The second kappa shape index (κ2) is 8.19. The Kier molecular flexibility index (Phi) is 5.47. The number of nitrogens with zero attached hydrogens (tertiary/aromatic N) is 2. The molecule has 3 aromatic rings. The van der Waals surface area contributed by atoms with E-state index in [0.717, 1.165) is 36.5 Å². The number of para-hydroxylation sites is 2. The molecule has 150 valence electrons. The second-order valence-electron chi connectivity index (χ2n) is 6.60. The molecule has 0 unspecified atom stereocenters. The summed E-state index contributed by atoms with van der Waals surface area (Å²) in [6, 6.07) is 9.43. The summed E-state index contributed by atoms with van der Waals surface area (Å²) in [5, 5.41) is 18.9. The lowest BCUT2D eigenvalue weighted by atomic mass is 10.2. The van der Waals surface area contributed by atoms with E-state index in [1.165, 1.54) is 11.3 Å². The van der Waals surface area contributed by atoms with Crippen molar-refractivity contribution < 1.29 is 14.7 Å². The summed E-state index contributed by atoms with van der Waals surface area (Å²) in [4.78, 5) is 30.6. The van der Waals surface area contributed by atoms with Gasteiger partial charge in [0.25, 0.3) is 5.91 Å². The number of carbonyl (C=O) groups is 2. The highest BCUT2D eigenvalue weighted by atomic mass is 32.1. The van der Waals surface area contributed by atoms with Gasteiger partial charge in [0.2, 0.25) is 0 Å². The van der Waals surface area contributed by atoms with Crippen LogP contribution in [0.3, 0.4) is 0 Å². The maximum atomic E-state index is 12.7. The van der Waals surface area contributed by atoms with Crippen LogP contribution in [0, 0.1) is 0 Å². The number of carboxylic acids is 1. The number of nitrogens with one attached hydrogen (secondary N) is 2. The Labute approximate surface area is 175 Å². The fourth-order valence-corrected chi connectivity index (χ4v) is 4.56. The van der Waals surface area contributed by atoms with Crippen LogP contribution in [-0.4, -0.2) is 41.1 Å². The number of thiophene rings is 1. The first-order valence-electron chi connectivity index (χ1n) is 8.95. The van der Waals surface area contributed by atoms with Crippen molar-refractivity contribution in [2.45, 2.75) is 12.5 Å². The van der Waals surface area contributed by atoms with Crippen molar-refractivity contribution >= 4 is 56.7 Å². The summed E-state index contributed by atoms with van der Waals surface area (Å²) in [5.74, 6) is -1.33. The van der Waals surface area contributed by atoms with Crippen molar-refractivity contribution in [1.29, 1.82) is 0 Å². The minimum atomic E-state index is -1.00. The molecule has 3 heterocycles. The molecule has 1 fully saturated rings. The normalized spacial score (nSPS) is 16.0. The van der Waals surface area contributed by atoms with Gasteiger partial charge in [-0.25, -0.2) is 9.78 Å². The van der Waals surface area contributed by atoms with Crippen LogP contribution in [0.1, 0.15) is 26.6 Å². The molecule has 8 nitrogen and oxygen atoms in total. The molecule has 1 saturated heterocycles. The molecule has 0 saturated carbocycles. The highest BCUT2D eigenvalue weighted by Crippen LogP contribution is 2.30. The summed E-state index contributed by atoms with van der Waals surface area (Å²) in [6.07, 6.45) is 0.921. The Balaban J connectivity index is 1.48. The third kappa shape index (κ3) is 4.24. The third-order valence-corrected chi connectivity index (χ3v) is 6.22. The van der Waals surface area contributed by atoms with Crippen molar-refractivity contribution in [2.75, 3.05) is 28.6 Å². The van der Waals surface area contributed by atoms with Gasteiger partial charge in [-0.15, -0.1) is 22.7 Å². The molecule has 2 aromatic heterocycles. The van der Waals surface area contributed by atoms with E-state index in [9.17, 15) is 14.7 Å². The predicted molar refractivity (Wildman–Crippen MR) is 116 cm³/mol. The molecule has 1 aliphatic heterocycles. The zero-order chi connectivity index (χ0) is 20.4. The molecule has 29 heavy (non-hydrogen) atoms. The zero-order valence-electron chi connectivity index (χ0n) is 15.3. The maximum absolute atomic E-state index is 12.7. The average Bonchev–Trinajstić information content (AvgIpc) is 3.43. The summed E-state index contributed by atoms with van der Waals surface area (Å²) < 4.78 is 0. The summed E-state index contributed by atoms with van der Waals surface area (Å²) in [5.41, 5.74) is 8.38. The molecule has 1 atom stereocenters. The van der Waals surface area contributed by atoms with Crippen LogP contribution in [0.4, 0.5) is 22.2 Å². The lowest BCUT2D eigenvalue weighted by molar-refractivity contribution is 0.0703. The first-order valence-corrected chi connectivity index (χ1v) is 10.7. The van der Waals surface area contributed by atoms with Gasteiger partial charge >= 0.3 is 5.97 Å². The van der Waals surface area contributed by atoms with Gasteiger partial charge in [0.05, 0.1) is 17.1 Å². The zero-order valence-corrected chi connectivity index (χ0v) is 16.9. The number of rotatable bonds is 6. The number of hydrogen-bond donors (Lipinski definition) is 4. The highest BCUT2D eigenvalue weighted by molar-refractivity contribution is 7.14. The first-order chi connectivity index (χ1) is 14.0. The van der Waals surface area contributed by atoms with E-state index < -0.39 is 5.97 Å². The third-order valence-electron chi connectivity index (χ3n) is 4.56. The molecule has 1 aliphatic rings. The van der Waals surface area contributed by atoms with Crippen LogP contribution in [0.5, 0.6) is 0 Å². The molecule has 0 aliphatic carbocycles. The Morgan fingerprint density at radius 1 is 1.21 bits per heavy atom. The van der Waals surface area contributed by atoms with E-state index in [2.05, 4.69) is 20.5 Å². The molecule has 0 radical (unpaired) electrons. The van der Waals surface area contributed by atoms with Crippen molar-refractivity contribution in [1.82, 2.24) is 4.98 Å². The number of nitrogens with two attached hydrogens (primary N) is 1. The number of anilines is 4. The molecular weight excluding hydrogens is 410 g/mol. The van der Waals surface area contributed by atoms with Crippen LogP contribution in [-0.2, 0) is 0 Å². The number of hydrogen-bond acceptors (Lipinski definition) is 8. The van der Waals surface area contributed by atoms with Crippen molar-refractivity contribution in [3.8, 4) is 0 Å². The van der Waals surface area contributed by atoms with Gasteiger partial charge in [-0.3, -0.25) is 4.79 Å². The van der Waals surface area contributed by atoms with Gasteiger partial charge in [0.1, 0.15) is 10.6 Å². The van der Waals surface area contributed by atoms with Gasteiger partial charge in [0, 0.05) is 24.5 Å². The number of aromatic carboxylic acids is 1. The van der Waals surface area contributed by atoms with Crippen molar-refractivity contribution in [3.05, 3.63) is 51.7 Å². The van der Waals surface area contributed by atoms with E-state index in [1.807, 2.05) is 24.3 Å².